The SMILES string of the molecule is CCC(Pc1ccc(C)cc1C(C)=O)c1cc(C)cc(C(C)(C)C)c1OCc1ccccc1. The summed E-state index contributed by atoms with van der Waals surface area (Å²) in [5.74, 6) is 1.14. The van der Waals surface area contributed by atoms with Crippen LogP contribution in [0.15, 0.2) is 60.7 Å². The summed E-state index contributed by atoms with van der Waals surface area (Å²) < 4.78 is 6.59. The molecule has 0 saturated carbocycles. The molecule has 2 nitrogen and oxygen atoms in total. The summed E-state index contributed by atoms with van der Waals surface area (Å²) >= 11 is 0. The van der Waals surface area contributed by atoms with Crippen molar-refractivity contribution in [3.63, 3.8) is 0 Å². The average molecular weight is 461 g/mol. The monoisotopic (exact) mass is 460 g/mol. The van der Waals surface area contributed by atoms with E-state index in [9.17, 15) is 4.79 Å². The Morgan fingerprint density at radius 3 is 2.27 bits per heavy atom. The summed E-state index contributed by atoms with van der Waals surface area (Å²) in [6, 6.07) is 21.2. The van der Waals surface area contributed by atoms with Crippen LogP contribution in [0.1, 0.15) is 84.9 Å². The molecule has 0 amide bonds. The van der Waals surface area contributed by atoms with Gasteiger partial charge in [0, 0.05) is 22.3 Å². The lowest BCUT2D eigenvalue weighted by Gasteiger charge is -2.29. The minimum atomic E-state index is -0.0391. The highest BCUT2D eigenvalue weighted by Crippen LogP contribution is 2.46. The van der Waals surface area contributed by atoms with E-state index < -0.39 is 0 Å². The smallest absolute Gasteiger partial charge is 0.160 e. The fraction of sp³-hybridized carbons (Fsp3) is 0.367. The van der Waals surface area contributed by atoms with Crippen LogP contribution in [0.3, 0.4) is 0 Å². The number of aryl methyl sites for hydroxylation is 2. The lowest BCUT2D eigenvalue weighted by Crippen LogP contribution is -2.17. The van der Waals surface area contributed by atoms with Crippen LogP contribution < -0.4 is 10.0 Å². The first kappa shape index (κ1) is 25.2. The van der Waals surface area contributed by atoms with Crippen molar-refractivity contribution < 1.29 is 9.53 Å². The minimum absolute atomic E-state index is 0.0391. The highest BCUT2D eigenvalue weighted by Gasteiger charge is 2.26. The number of carbonyl (C=O) groups is 1. The summed E-state index contributed by atoms with van der Waals surface area (Å²) in [5.41, 5.74) is 7.14. The summed E-state index contributed by atoms with van der Waals surface area (Å²) in [6.07, 6.45) is 0.985. The molecule has 0 heterocycles. The van der Waals surface area contributed by atoms with Gasteiger partial charge in [-0.2, -0.15) is 0 Å². The van der Waals surface area contributed by atoms with Crippen LogP contribution in [0.2, 0.25) is 0 Å². The molecule has 3 aromatic carbocycles. The van der Waals surface area contributed by atoms with Crippen LogP contribution in [0.5, 0.6) is 5.75 Å². The largest absolute Gasteiger partial charge is 0.488 e. The second-order valence-corrected chi connectivity index (χ2v) is 11.5. The van der Waals surface area contributed by atoms with Gasteiger partial charge in [-0.15, -0.1) is 0 Å². The van der Waals surface area contributed by atoms with Crippen molar-refractivity contribution >= 4 is 19.7 Å². The summed E-state index contributed by atoms with van der Waals surface area (Å²) in [4.78, 5) is 12.4. The number of benzene rings is 3. The first-order chi connectivity index (χ1) is 15.6. The van der Waals surface area contributed by atoms with E-state index in [1.54, 1.807) is 6.92 Å². The number of hydrogen-bond donors (Lipinski definition) is 0. The van der Waals surface area contributed by atoms with Crippen molar-refractivity contribution in [2.45, 2.75) is 72.6 Å². The summed E-state index contributed by atoms with van der Waals surface area (Å²) in [6.45, 7) is 15.4. The van der Waals surface area contributed by atoms with Crippen molar-refractivity contribution in [2.75, 3.05) is 0 Å². The Morgan fingerprint density at radius 2 is 1.67 bits per heavy atom. The maximum Gasteiger partial charge on any atom is 0.160 e. The number of ether oxygens (including phenoxy) is 1. The number of carbonyl (C=O) groups excluding carboxylic acids is 1. The van der Waals surface area contributed by atoms with E-state index in [1.807, 2.05) is 19.1 Å². The van der Waals surface area contributed by atoms with Gasteiger partial charge in [-0.3, -0.25) is 4.79 Å². The third-order valence-corrected chi connectivity index (χ3v) is 7.78. The number of rotatable bonds is 8. The Bertz CT molecular complexity index is 1110. The zero-order valence-electron chi connectivity index (χ0n) is 21.1. The maximum absolute atomic E-state index is 12.4. The van der Waals surface area contributed by atoms with E-state index >= 15 is 0 Å². The highest BCUT2D eigenvalue weighted by molar-refractivity contribution is 7.47. The fourth-order valence-corrected chi connectivity index (χ4v) is 5.70. The lowest BCUT2D eigenvalue weighted by atomic mass is 9.83. The molecule has 3 heteroatoms. The zero-order valence-corrected chi connectivity index (χ0v) is 22.1. The summed E-state index contributed by atoms with van der Waals surface area (Å²) in [5, 5.41) is 1.15. The Kier molecular flexibility index (Phi) is 8.14. The molecule has 0 spiro atoms. The molecule has 0 fully saturated rings. The third-order valence-electron chi connectivity index (χ3n) is 5.96. The van der Waals surface area contributed by atoms with Crippen molar-refractivity contribution in [1.82, 2.24) is 0 Å². The Balaban J connectivity index is 2.07. The molecule has 0 bridgehead atoms. The van der Waals surface area contributed by atoms with Gasteiger partial charge in [0.15, 0.2) is 5.78 Å². The standard InChI is InChI=1S/C30H37O2P/c1-8-27(33-28-15-14-20(2)16-24(28)22(4)31)25-17-21(3)18-26(30(5,6)7)29(25)32-19-23-12-10-9-11-13-23/h9-18,27,33H,8,19H2,1-7H3. The van der Waals surface area contributed by atoms with E-state index in [4.69, 9.17) is 4.74 Å². The molecule has 3 rings (SSSR count). The topological polar surface area (TPSA) is 26.3 Å². The average Bonchev–Trinajstić information content (AvgIpc) is 2.77. The first-order valence-electron chi connectivity index (χ1n) is 11.8. The van der Waals surface area contributed by atoms with E-state index in [1.165, 1.54) is 16.7 Å². The molecule has 2 atom stereocenters. The maximum atomic E-state index is 12.4. The molecule has 2 unspecified atom stereocenters. The molecule has 0 radical (unpaired) electrons. The number of hydrogen-bond acceptors (Lipinski definition) is 2. The van der Waals surface area contributed by atoms with E-state index in [-0.39, 0.29) is 16.9 Å². The van der Waals surface area contributed by atoms with Crippen molar-refractivity contribution in [1.29, 1.82) is 0 Å². The third kappa shape index (κ3) is 6.33. The van der Waals surface area contributed by atoms with Gasteiger partial charge < -0.3 is 4.74 Å². The van der Waals surface area contributed by atoms with Crippen molar-refractivity contribution in [3.05, 3.63) is 94.0 Å². The van der Waals surface area contributed by atoms with Crippen LogP contribution in [-0.2, 0) is 12.0 Å². The molecule has 0 saturated heterocycles. The predicted molar refractivity (Wildman–Crippen MR) is 143 cm³/mol. The van der Waals surface area contributed by atoms with Crippen molar-refractivity contribution in [2.24, 2.45) is 0 Å². The fourth-order valence-electron chi connectivity index (χ4n) is 4.17. The minimum Gasteiger partial charge on any atom is -0.488 e. The quantitative estimate of drug-likeness (QED) is 0.253. The Labute approximate surface area is 201 Å². The highest BCUT2D eigenvalue weighted by atomic mass is 31.1. The zero-order chi connectivity index (χ0) is 24.2. The molecular formula is C30H37O2P. The molecular weight excluding hydrogens is 423 g/mol. The van der Waals surface area contributed by atoms with Gasteiger partial charge in [-0.25, -0.2) is 0 Å². The Hall–Kier alpha value is -2.44. The number of ketones is 1. The molecule has 3 aromatic rings. The van der Waals surface area contributed by atoms with Crippen LogP contribution in [0.25, 0.3) is 0 Å². The number of Topliss-reactive ketones (excluding diaryl/α,β-unsaturated/α-hetero) is 1. The lowest BCUT2D eigenvalue weighted by molar-refractivity contribution is 0.101. The van der Waals surface area contributed by atoms with E-state index in [2.05, 4.69) is 83.1 Å². The molecule has 0 aromatic heterocycles. The van der Waals surface area contributed by atoms with E-state index in [0.717, 1.165) is 34.2 Å². The van der Waals surface area contributed by atoms with Gasteiger partial charge in [0.05, 0.1) is 0 Å². The van der Waals surface area contributed by atoms with Gasteiger partial charge in [0.25, 0.3) is 0 Å². The van der Waals surface area contributed by atoms with Gasteiger partial charge in [0.1, 0.15) is 12.4 Å². The normalized spacial score (nSPS) is 12.8. The first-order valence-corrected chi connectivity index (χ1v) is 12.9. The second-order valence-electron chi connectivity index (χ2n) is 9.97. The molecule has 0 aliphatic carbocycles. The van der Waals surface area contributed by atoms with Crippen LogP contribution in [-0.4, -0.2) is 5.78 Å². The van der Waals surface area contributed by atoms with Gasteiger partial charge in [-0.1, -0.05) is 102 Å². The second kappa shape index (κ2) is 10.7. The summed E-state index contributed by atoms with van der Waals surface area (Å²) in [7, 11) is 0.504. The van der Waals surface area contributed by atoms with Gasteiger partial charge in [-0.05, 0) is 49.5 Å². The van der Waals surface area contributed by atoms with Crippen LogP contribution >= 0.6 is 8.58 Å². The molecule has 33 heavy (non-hydrogen) atoms. The van der Waals surface area contributed by atoms with Crippen molar-refractivity contribution in [3.8, 4) is 5.75 Å². The van der Waals surface area contributed by atoms with Crippen LogP contribution in [0.4, 0.5) is 0 Å². The van der Waals surface area contributed by atoms with E-state index in [0.29, 0.717) is 15.2 Å². The predicted octanol–water partition coefficient (Wildman–Crippen LogP) is 7.84. The Morgan fingerprint density at radius 1 is 0.970 bits per heavy atom. The molecule has 0 N–H and O–H groups in total. The van der Waals surface area contributed by atoms with Crippen LogP contribution in [0, 0.1) is 13.8 Å². The van der Waals surface area contributed by atoms with Gasteiger partial charge in [0.2, 0.25) is 0 Å². The molecule has 0 aliphatic heterocycles. The van der Waals surface area contributed by atoms with Gasteiger partial charge >= 0.3 is 0 Å². The molecule has 174 valence electrons. The molecule has 0 aliphatic rings.